The van der Waals surface area contributed by atoms with E-state index in [1.54, 1.807) is 60.7 Å². The summed E-state index contributed by atoms with van der Waals surface area (Å²) < 4.78 is 10.9. The van der Waals surface area contributed by atoms with Crippen LogP contribution in [-0.2, 0) is 9.59 Å². The van der Waals surface area contributed by atoms with Crippen LogP contribution < -0.4 is 20.2 Å². The van der Waals surface area contributed by atoms with Gasteiger partial charge in [-0.25, -0.2) is 10.2 Å². The van der Waals surface area contributed by atoms with E-state index in [1.165, 1.54) is 6.21 Å². The van der Waals surface area contributed by atoms with E-state index in [1.807, 2.05) is 26.0 Å². The summed E-state index contributed by atoms with van der Waals surface area (Å²) in [5, 5.41) is 6.32. The molecule has 3 aromatic carbocycles. The van der Waals surface area contributed by atoms with E-state index in [0.717, 1.165) is 12.0 Å². The summed E-state index contributed by atoms with van der Waals surface area (Å²) in [4.78, 5) is 36.2. The summed E-state index contributed by atoms with van der Waals surface area (Å²) in [6.07, 6.45) is 2.28. The molecule has 0 aliphatic heterocycles. The Morgan fingerprint density at radius 2 is 1.56 bits per heavy atom. The Kier molecular flexibility index (Phi) is 8.51. The molecule has 0 aliphatic rings. The minimum Gasteiger partial charge on any atom is -0.494 e. The largest absolute Gasteiger partial charge is 0.494 e. The summed E-state index contributed by atoms with van der Waals surface area (Å²) in [5.41, 5.74) is 4.61. The van der Waals surface area contributed by atoms with Crippen molar-refractivity contribution in [3.8, 4) is 11.5 Å². The van der Waals surface area contributed by atoms with Gasteiger partial charge in [0.2, 0.25) is 0 Å². The first-order chi connectivity index (χ1) is 16.5. The number of para-hydroxylation sites is 1. The molecular weight excluding hydrogens is 434 g/mol. The SMILES string of the molecule is CCCOc1ccc(C(=O)Oc2ccc(/C=N\NC(=O)C(=O)Nc3ccccc3C)cc2)cc1. The van der Waals surface area contributed by atoms with Crippen LogP contribution in [0.2, 0.25) is 0 Å². The molecule has 3 aromatic rings. The molecule has 0 heterocycles. The van der Waals surface area contributed by atoms with E-state index < -0.39 is 17.8 Å². The Labute approximate surface area is 197 Å². The Morgan fingerprint density at radius 3 is 2.24 bits per heavy atom. The predicted octanol–water partition coefficient (Wildman–Crippen LogP) is 4.09. The molecule has 174 valence electrons. The lowest BCUT2D eigenvalue weighted by atomic mass is 10.2. The molecular formula is C26H25N3O5. The van der Waals surface area contributed by atoms with E-state index in [4.69, 9.17) is 9.47 Å². The Bertz CT molecular complexity index is 1170. The number of rotatable bonds is 8. The highest BCUT2D eigenvalue weighted by molar-refractivity contribution is 6.39. The van der Waals surface area contributed by atoms with Crippen LogP contribution in [-0.4, -0.2) is 30.6 Å². The van der Waals surface area contributed by atoms with Crippen molar-refractivity contribution >= 4 is 29.7 Å². The van der Waals surface area contributed by atoms with Crippen molar-refractivity contribution < 1.29 is 23.9 Å². The number of esters is 1. The van der Waals surface area contributed by atoms with Crippen LogP contribution in [0.3, 0.4) is 0 Å². The third-order valence-electron chi connectivity index (χ3n) is 4.63. The van der Waals surface area contributed by atoms with Crippen molar-refractivity contribution in [3.05, 3.63) is 89.5 Å². The van der Waals surface area contributed by atoms with Crippen LogP contribution in [0.1, 0.15) is 34.8 Å². The van der Waals surface area contributed by atoms with Crippen molar-refractivity contribution in [1.29, 1.82) is 0 Å². The van der Waals surface area contributed by atoms with Crippen LogP contribution >= 0.6 is 0 Å². The number of hydrogen-bond acceptors (Lipinski definition) is 6. The second-order valence-electron chi connectivity index (χ2n) is 7.30. The molecule has 34 heavy (non-hydrogen) atoms. The van der Waals surface area contributed by atoms with E-state index in [2.05, 4.69) is 15.8 Å². The molecule has 0 saturated carbocycles. The highest BCUT2D eigenvalue weighted by Gasteiger charge is 2.13. The number of carbonyl (C=O) groups is 3. The summed E-state index contributed by atoms with van der Waals surface area (Å²) >= 11 is 0. The van der Waals surface area contributed by atoms with Gasteiger partial charge in [0.15, 0.2) is 0 Å². The number of anilines is 1. The molecule has 0 fully saturated rings. The molecule has 8 nitrogen and oxygen atoms in total. The number of aryl methyl sites for hydroxylation is 1. The molecule has 0 saturated heterocycles. The topological polar surface area (TPSA) is 106 Å². The van der Waals surface area contributed by atoms with Gasteiger partial charge < -0.3 is 14.8 Å². The van der Waals surface area contributed by atoms with Gasteiger partial charge in [-0.05, 0) is 79.1 Å². The lowest BCUT2D eigenvalue weighted by molar-refractivity contribution is -0.136. The maximum atomic E-state index is 12.3. The predicted molar refractivity (Wildman–Crippen MR) is 129 cm³/mol. The molecule has 0 bridgehead atoms. The maximum Gasteiger partial charge on any atom is 0.343 e. The number of amides is 2. The first kappa shape index (κ1) is 24.2. The second kappa shape index (κ2) is 12.0. The number of benzene rings is 3. The van der Waals surface area contributed by atoms with Crippen molar-refractivity contribution in [3.63, 3.8) is 0 Å². The van der Waals surface area contributed by atoms with Crippen LogP contribution in [0.5, 0.6) is 11.5 Å². The van der Waals surface area contributed by atoms with Gasteiger partial charge in [0.05, 0.1) is 18.4 Å². The minimum absolute atomic E-state index is 0.357. The number of nitrogens with zero attached hydrogens (tertiary/aromatic N) is 1. The number of hydrazone groups is 1. The third kappa shape index (κ3) is 7.03. The monoisotopic (exact) mass is 459 g/mol. The van der Waals surface area contributed by atoms with E-state index >= 15 is 0 Å². The van der Waals surface area contributed by atoms with Crippen LogP contribution in [0.25, 0.3) is 0 Å². The van der Waals surface area contributed by atoms with Gasteiger partial charge in [-0.2, -0.15) is 5.10 Å². The molecule has 0 radical (unpaired) electrons. The summed E-state index contributed by atoms with van der Waals surface area (Å²) in [6, 6.07) is 20.4. The molecule has 8 heteroatoms. The van der Waals surface area contributed by atoms with E-state index in [9.17, 15) is 14.4 Å². The highest BCUT2D eigenvalue weighted by Crippen LogP contribution is 2.17. The molecule has 0 unspecified atom stereocenters. The number of nitrogens with one attached hydrogen (secondary N) is 2. The van der Waals surface area contributed by atoms with Gasteiger partial charge in [0, 0.05) is 5.69 Å². The Balaban J connectivity index is 1.49. The average molecular weight is 460 g/mol. The zero-order valence-corrected chi connectivity index (χ0v) is 18.9. The number of hydrogen-bond donors (Lipinski definition) is 2. The van der Waals surface area contributed by atoms with Gasteiger partial charge in [-0.3, -0.25) is 9.59 Å². The summed E-state index contributed by atoms with van der Waals surface area (Å²) in [6.45, 7) is 4.46. The maximum absolute atomic E-state index is 12.3. The van der Waals surface area contributed by atoms with Crippen LogP contribution in [0.4, 0.5) is 5.69 Å². The summed E-state index contributed by atoms with van der Waals surface area (Å²) in [7, 11) is 0. The zero-order valence-electron chi connectivity index (χ0n) is 18.9. The molecule has 0 aromatic heterocycles. The Hall–Kier alpha value is -4.46. The zero-order chi connectivity index (χ0) is 24.3. The van der Waals surface area contributed by atoms with Gasteiger partial charge >= 0.3 is 17.8 Å². The molecule has 0 atom stereocenters. The quantitative estimate of drug-likeness (QED) is 0.174. The normalized spacial score (nSPS) is 10.5. The molecule has 2 N–H and O–H groups in total. The van der Waals surface area contributed by atoms with Gasteiger partial charge in [0.25, 0.3) is 0 Å². The van der Waals surface area contributed by atoms with Crippen molar-refractivity contribution in [2.75, 3.05) is 11.9 Å². The van der Waals surface area contributed by atoms with Crippen LogP contribution in [0, 0.1) is 6.92 Å². The summed E-state index contributed by atoms with van der Waals surface area (Å²) in [5.74, 6) is -1.15. The minimum atomic E-state index is -0.892. The van der Waals surface area contributed by atoms with Gasteiger partial charge in [0.1, 0.15) is 11.5 Å². The Morgan fingerprint density at radius 1 is 0.882 bits per heavy atom. The second-order valence-corrected chi connectivity index (χ2v) is 7.30. The molecule has 0 spiro atoms. The van der Waals surface area contributed by atoms with E-state index in [-0.39, 0.29) is 0 Å². The fraction of sp³-hybridized carbons (Fsp3) is 0.154. The number of ether oxygens (including phenoxy) is 2. The fourth-order valence-corrected chi connectivity index (χ4v) is 2.80. The van der Waals surface area contributed by atoms with Gasteiger partial charge in [-0.1, -0.05) is 25.1 Å². The highest BCUT2D eigenvalue weighted by atomic mass is 16.5. The standard InChI is InChI=1S/C26H25N3O5/c1-3-16-33-21-14-10-20(11-15-21)26(32)34-22-12-8-19(9-13-22)17-27-29-25(31)24(30)28-23-7-5-4-6-18(23)2/h4-15,17H,3,16H2,1-2H3,(H,28,30)(H,29,31)/b27-17-. The van der Waals surface area contributed by atoms with Crippen molar-refractivity contribution in [2.24, 2.45) is 5.10 Å². The molecule has 3 rings (SSSR count). The smallest absolute Gasteiger partial charge is 0.343 e. The van der Waals surface area contributed by atoms with Gasteiger partial charge in [-0.15, -0.1) is 0 Å². The third-order valence-corrected chi connectivity index (χ3v) is 4.63. The molecule has 2 amide bonds. The fourth-order valence-electron chi connectivity index (χ4n) is 2.80. The molecule has 0 aliphatic carbocycles. The number of carbonyl (C=O) groups excluding carboxylic acids is 3. The lowest BCUT2D eigenvalue weighted by Crippen LogP contribution is -2.32. The average Bonchev–Trinajstić information content (AvgIpc) is 2.85. The van der Waals surface area contributed by atoms with Crippen LogP contribution in [0.15, 0.2) is 77.9 Å². The first-order valence-corrected chi connectivity index (χ1v) is 10.7. The lowest BCUT2D eigenvalue weighted by Gasteiger charge is -2.07. The van der Waals surface area contributed by atoms with E-state index in [0.29, 0.717) is 34.9 Å². The van der Waals surface area contributed by atoms with Crippen molar-refractivity contribution in [1.82, 2.24) is 5.43 Å². The first-order valence-electron chi connectivity index (χ1n) is 10.7. The van der Waals surface area contributed by atoms with Crippen molar-refractivity contribution in [2.45, 2.75) is 20.3 Å².